The summed E-state index contributed by atoms with van der Waals surface area (Å²) in [6.45, 7) is 5.54. The maximum atomic E-state index is 6.47. The summed E-state index contributed by atoms with van der Waals surface area (Å²) in [7, 11) is 0. The highest BCUT2D eigenvalue weighted by Crippen LogP contribution is 2.41. The largest absolute Gasteiger partial charge is 0.326 e. The molecule has 1 aliphatic heterocycles. The lowest BCUT2D eigenvalue weighted by Gasteiger charge is -2.41. The molecule has 5 heteroatoms. The van der Waals surface area contributed by atoms with Gasteiger partial charge in [0.05, 0.1) is 10.4 Å². The predicted molar refractivity (Wildman–Crippen MR) is 93.5 cm³/mol. The van der Waals surface area contributed by atoms with E-state index in [-0.39, 0.29) is 12.1 Å². The van der Waals surface area contributed by atoms with E-state index in [0.717, 1.165) is 23.7 Å². The summed E-state index contributed by atoms with van der Waals surface area (Å²) in [5.41, 5.74) is 7.95. The first-order valence-corrected chi connectivity index (χ1v) is 9.52. The number of hydrogen-bond donors (Lipinski definition) is 1. The second-order valence-corrected chi connectivity index (χ2v) is 8.37. The van der Waals surface area contributed by atoms with Crippen molar-refractivity contribution in [2.75, 3.05) is 6.54 Å². The van der Waals surface area contributed by atoms with Crippen LogP contribution in [0.25, 0.3) is 0 Å². The Labute approximate surface area is 139 Å². The van der Waals surface area contributed by atoms with Gasteiger partial charge in [0.25, 0.3) is 0 Å². The minimum absolute atomic E-state index is 0.141. The second-order valence-electron chi connectivity index (χ2n) is 5.62. The topological polar surface area (TPSA) is 29.3 Å². The number of nitrogens with zero attached hydrogens (tertiary/aromatic N) is 1. The van der Waals surface area contributed by atoms with Gasteiger partial charge in [-0.25, -0.2) is 0 Å². The number of halogens is 1. The van der Waals surface area contributed by atoms with Crippen LogP contribution in [0.15, 0.2) is 23.6 Å². The van der Waals surface area contributed by atoms with Gasteiger partial charge in [0.15, 0.2) is 0 Å². The number of rotatable bonds is 4. The SMILES string of the molecule is CCC(N)C(c1ccc(Cl)s1)N1CCc2sccc2C1C. The normalized spacial score (nSPS) is 22.0. The third kappa shape index (κ3) is 2.92. The van der Waals surface area contributed by atoms with Crippen molar-refractivity contribution in [1.82, 2.24) is 4.90 Å². The molecule has 0 saturated heterocycles. The van der Waals surface area contributed by atoms with Gasteiger partial charge in [0, 0.05) is 28.4 Å². The van der Waals surface area contributed by atoms with Crippen molar-refractivity contribution in [3.63, 3.8) is 0 Å². The molecule has 0 fully saturated rings. The van der Waals surface area contributed by atoms with Crippen LogP contribution in [0, 0.1) is 0 Å². The summed E-state index contributed by atoms with van der Waals surface area (Å²) < 4.78 is 0.846. The summed E-state index contributed by atoms with van der Waals surface area (Å²) in [5, 5.41) is 2.21. The van der Waals surface area contributed by atoms with E-state index >= 15 is 0 Å². The molecule has 0 aliphatic carbocycles. The maximum absolute atomic E-state index is 6.47. The highest BCUT2D eigenvalue weighted by molar-refractivity contribution is 7.16. The van der Waals surface area contributed by atoms with Crippen molar-refractivity contribution in [3.05, 3.63) is 43.2 Å². The van der Waals surface area contributed by atoms with E-state index in [4.69, 9.17) is 17.3 Å². The van der Waals surface area contributed by atoms with Crippen molar-refractivity contribution in [3.8, 4) is 0 Å². The van der Waals surface area contributed by atoms with Gasteiger partial charge in [0.2, 0.25) is 0 Å². The van der Waals surface area contributed by atoms with Crippen LogP contribution in [0.1, 0.15) is 47.7 Å². The average Bonchev–Trinajstić information content (AvgIpc) is 3.10. The molecule has 114 valence electrons. The fourth-order valence-corrected chi connectivity index (χ4v) is 5.46. The van der Waals surface area contributed by atoms with E-state index in [1.165, 1.54) is 15.3 Å². The van der Waals surface area contributed by atoms with Crippen LogP contribution in [0.5, 0.6) is 0 Å². The Morgan fingerprint density at radius 3 is 2.90 bits per heavy atom. The standard InChI is InChI=1S/C16H21ClN2S2/c1-3-12(18)16(14-4-5-15(17)21-14)19-8-6-13-11(10(19)2)7-9-20-13/h4-5,7,9-10,12,16H,3,6,8,18H2,1-2H3. The van der Waals surface area contributed by atoms with Crippen molar-refractivity contribution in [2.45, 2.75) is 44.8 Å². The molecule has 21 heavy (non-hydrogen) atoms. The van der Waals surface area contributed by atoms with E-state index in [1.807, 2.05) is 17.4 Å². The minimum atomic E-state index is 0.141. The average molecular weight is 341 g/mol. The van der Waals surface area contributed by atoms with E-state index in [2.05, 4.69) is 36.3 Å². The van der Waals surface area contributed by atoms with Crippen molar-refractivity contribution < 1.29 is 0 Å². The molecule has 3 atom stereocenters. The van der Waals surface area contributed by atoms with Gasteiger partial charge in [-0.15, -0.1) is 22.7 Å². The number of nitrogens with two attached hydrogens (primary N) is 1. The Bertz CT molecular complexity index is 607. The predicted octanol–water partition coefficient (Wildman–Crippen LogP) is 4.86. The van der Waals surface area contributed by atoms with Crippen LogP contribution in [0.4, 0.5) is 0 Å². The Kier molecular flexibility index (Phi) is 4.71. The Balaban J connectivity index is 1.94. The molecule has 2 nitrogen and oxygen atoms in total. The van der Waals surface area contributed by atoms with Gasteiger partial charge >= 0.3 is 0 Å². The molecule has 2 N–H and O–H groups in total. The van der Waals surface area contributed by atoms with E-state index in [0.29, 0.717) is 6.04 Å². The molecule has 3 unspecified atom stereocenters. The van der Waals surface area contributed by atoms with Gasteiger partial charge in [-0.3, -0.25) is 4.90 Å². The van der Waals surface area contributed by atoms with Gasteiger partial charge in [-0.2, -0.15) is 0 Å². The molecule has 0 spiro atoms. The van der Waals surface area contributed by atoms with Gasteiger partial charge in [-0.05, 0) is 48.9 Å². The van der Waals surface area contributed by atoms with Gasteiger partial charge in [0.1, 0.15) is 0 Å². The molecule has 1 aliphatic rings. The molecule has 0 aromatic carbocycles. The maximum Gasteiger partial charge on any atom is 0.0931 e. The van der Waals surface area contributed by atoms with Crippen LogP contribution in [-0.2, 0) is 6.42 Å². The zero-order valence-electron chi connectivity index (χ0n) is 12.4. The first-order chi connectivity index (χ1) is 10.1. The van der Waals surface area contributed by atoms with E-state index < -0.39 is 0 Å². The van der Waals surface area contributed by atoms with Crippen molar-refractivity contribution in [1.29, 1.82) is 0 Å². The molecule has 2 aromatic rings. The lowest BCUT2D eigenvalue weighted by atomic mass is 9.95. The lowest BCUT2D eigenvalue weighted by molar-refractivity contribution is 0.116. The summed E-state index contributed by atoms with van der Waals surface area (Å²) >= 11 is 9.70. The van der Waals surface area contributed by atoms with E-state index in [1.54, 1.807) is 11.3 Å². The quantitative estimate of drug-likeness (QED) is 0.861. The van der Waals surface area contributed by atoms with Crippen LogP contribution in [0.3, 0.4) is 0 Å². The first-order valence-electron chi connectivity index (χ1n) is 7.44. The molecular weight excluding hydrogens is 320 g/mol. The van der Waals surface area contributed by atoms with Gasteiger partial charge in [-0.1, -0.05) is 18.5 Å². The molecule has 0 radical (unpaired) electrons. The number of thiophene rings is 2. The smallest absolute Gasteiger partial charge is 0.0931 e. The van der Waals surface area contributed by atoms with E-state index in [9.17, 15) is 0 Å². The van der Waals surface area contributed by atoms with Crippen molar-refractivity contribution >= 4 is 34.3 Å². The second kappa shape index (κ2) is 6.39. The van der Waals surface area contributed by atoms with Crippen LogP contribution in [0.2, 0.25) is 4.34 Å². The zero-order chi connectivity index (χ0) is 15.0. The third-order valence-electron chi connectivity index (χ3n) is 4.44. The summed E-state index contributed by atoms with van der Waals surface area (Å²) in [6.07, 6.45) is 2.10. The first kappa shape index (κ1) is 15.5. The molecule has 0 saturated carbocycles. The monoisotopic (exact) mass is 340 g/mol. The van der Waals surface area contributed by atoms with Crippen LogP contribution < -0.4 is 5.73 Å². The summed E-state index contributed by atoms with van der Waals surface area (Å²) in [6, 6.07) is 7.22. The Hall–Kier alpha value is -0.390. The molecule has 0 amide bonds. The Morgan fingerprint density at radius 1 is 1.43 bits per heavy atom. The third-order valence-corrected chi connectivity index (χ3v) is 6.74. The molecule has 3 heterocycles. The fraction of sp³-hybridized carbons (Fsp3) is 0.500. The molecular formula is C16H21ClN2S2. The van der Waals surface area contributed by atoms with Crippen molar-refractivity contribution in [2.24, 2.45) is 5.73 Å². The van der Waals surface area contributed by atoms with Gasteiger partial charge < -0.3 is 5.73 Å². The van der Waals surface area contributed by atoms with Crippen LogP contribution in [-0.4, -0.2) is 17.5 Å². The molecule has 3 rings (SSSR count). The Morgan fingerprint density at radius 2 is 2.24 bits per heavy atom. The summed E-state index contributed by atoms with van der Waals surface area (Å²) in [4.78, 5) is 5.39. The highest BCUT2D eigenvalue weighted by atomic mass is 35.5. The highest BCUT2D eigenvalue weighted by Gasteiger charge is 2.34. The fourth-order valence-electron chi connectivity index (χ4n) is 3.24. The van der Waals surface area contributed by atoms with Crippen LogP contribution >= 0.6 is 34.3 Å². The number of fused-ring (bicyclic) bond motifs is 1. The molecule has 2 aromatic heterocycles. The number of hydrogen-bond acceptors (Lipinski definition) is 4. The zero-order valence-corrected chi connectivity index (χ0v) is 14.8. The lowest BCUT2D eigenvalue weighted by Crippen LogP contribution is -2.44. The molecule has 0 bridgehead atoms. The summed E-state index contributed by atoms with van der Waals surface area (Å²) in [5.74, 6) is 0. The minimum Gasteiger partial charge on any atom is -0.326 e.